The van der Waals surface area contributed by atoms with E-state index in [2.05, 4.69) is 0 Å². The molecule has 0 aromatic heterocycles. The molecule has 6 heteroatoms. The van der Waals surface area contributed by atoms with E-state index >= 15 is 0 Å². The molecule has 1 aliphatic heterocycles. The van der Waals surface area contributed by atoms with Crippen LogP contribution in [0.15, 0.2) is 0 Å². The molecule has 94 valence electrons. The summed E-state index contributed by atoms with van der Waals surface area (Å²) < 4.78 is 4.87. The van der Waals surface area contributed by atoms with Crippen molar-refractivity contribution in [3.05, 3.63) is 0 Å². The molecule has 0 spiro atoms. The average Bonchev–Trinajstić information content (AvgIpc) is 2.58. The highest BCUT2D eigenvalue weighted by Gasteiger charge is 2.34. The fourth-order valence-corrected chi connectivity index (χ4v) is 1.76. The van der Waals surface area contributed by atoms with Crippen LogP contribution in [0.4, 0.5) is 0 Å². The van der Waals surface area contributed by atoms with E-state index in [1.807, 2.05) is 0 Å². The Hall–Kier alpha value is -0.690. The Morgan fingerprint density at radius 1 is 1.50 bits per heavy atom. The molecule has 1 fully saturated rings. The minimum absolute atomic E-state index is 0.165. The van der Waals surface area contributed by atoms with Crippen molar-refractivity contribution in [1.82, 2.24) is 4.90 Å². The minimum Gasteiger partial charge on any atom is -0.388 e. The Labute approximate surface area is 95.0 Å². The molecule has 16 heavy (non-hydrogen) atoms. The van der Waals surface area contributed by atoms with Crippen molar-refractivity contribution in [2.24, 2.45) is 5.73 Å². The number of aliphatic hydroxyl groups is 2. The third kappa shape index (κ3) is 3.41. The summed E-state index contributed by atoms with van der Waals surface area (Å²) in [6.07, 6.45) is -0.428. The van der Waals surface area contributed by atoms with Crippen LogP contribution in [0, 0.1) is 0 Å². The van der Waals surface area contributed by atoms with Crippen molar-refractivity contribution in [2.75, 3.05) is 26.8 Å². The Morgan fingerprint density at radius 3 is 2.56 bits per heavy atom. The van der Waals surface area contributed by atoms with Crippen molar-refractivity contribution >= 4 is 5.91 Å². The van der Waals surface area contributed by atoms with Gasteiger partial charge in [-0.15, -0.1) is 0 Å². The van der Waals surface area contributed by atoms with Gasteiger partial charge < -0.3 is 25.6 Å². The molecule has 0 saturated carbocycles. The molecule has 1 aliphatic rings. The van der Waals surface area contributed by atoms with E-state index in [-0.39, 0.29) is 19.0 Å². The van der Waals surface area contributed by atoms with E-state index in [4.69, 9.17) is 10.5 Å². The van der Waals surface area contributed by atoms with Crippen molar-refractivity contribution in [3.63, 3.8) is 0 Å². The van der Waals surface area contributed by atoms with Gasteiger partial charge in [0.1, 0.15) is 0 Å². The predicted molar refractivity (Wildman–Crippen MR) is 57.7 cm³/mol. The maximum absolute atomic E-state index is 11.8. The first-order valence-electron chi connectivity index (χ1n) is 5.45. The van der Waals surface area contributed by atoms with Crippen molar-refractivity contribution in [3.8, 4) is 0 Å². The average molecular weight is 232 g/mol. The van der Waals surface area contributed by atoms with Crippen LogP contribution in [0.2, 0.25) is 0 Å². The van der Waals surface area contributed by atoms with Gasteiger partial charge in [-0.2, -0.15) is 0 Å². The zero-order chi connectivity index (χ0) is 12.1. The maximum Gasteiger partial charge on any atom is 0.239 e. The lowest BCUT2D eigenvalue weighted by atomic mass is 10.1. The quantitative estimate of drug-likeness (QED) is 0.491. The summed E-state index contributed by atoms with van der Waals surface area (Å²) in [5.41, 5.74) is 5.72. The normalized spacial score (nSPS) is 27.1. The van der Waals surface area contributed by atoms with Crippen LogP contribution in [0.5, 0.6) is 0 Å². The van der Waals surface area contributed by atoms with Crippen LogP contribution in [-0.4, -0.2) is 66.1 Å². The summed E-state index contributed by atoms with van der Waals surface area (Å²) in [6, 6.07) is -0.576. The molecule has 1 amide bonds. The Bertz CT molecular complexity index is 227. The molecule has 0 radical (unpaired) electrons. The van der Waals surface area contributed by atoms with E-state index in [1.165, 1.54) is 4.90 Å². The first kappa shape index (κ1) is 13.4. The number of carbonyl (C=O) groups excluding carboxylic acids is 1. The lowest BCUT2D eigenvalue weighted by molar-refractivity contribution is -0.132. The molecular formula is C10H20N2O4. The highest BCUT2D eigenvalue weighted by Crippen LogP contribution is 2.12. The van der Waals surface area contributed by atoms with Crippen LogP contribution < -0.4 is 5.73 Å². The number of hydrogen-bond donors (Lipinski definition) is 3. The molecular weight excluding hydrogens is 212 g/mol. The number of nitrogens with zero attached hydrogens (tertiary/aromatic N) is 1. The third-order valence-electron chi connectivity index (χ3n) is 2.75. The van der Waals surface area contributed by atoms with Crippen molar-refractivity contribution in [2.45, 2.75) is 31.1 Å². The Balaban J connectivity index is 2.33. The third-order valence-corrected chi connectivity index (χ3v) is 2.75. The molecule has 3 atom stereocenters. The number of hydrogen-bond acceptors (Lipinski definition) is 5. The zero-order valence-electron chi connectivity index (χ0n) is 9.50. The van der Waals surface area contributed by atoms with Gasteiger partial charge in [0.05, 0.1) is 18.2 Å². The van der Waals surface area contributed by atoms with E-state index in [1.54, 1.807) is 7.11 Å². The van der Waals surface area contributed by atoms with Crippen molar-refractivity contribution in [1.29, 1.82) is 0 Å². The monoisotopic (exact) mass is 232 g/mol. The largest absolute Gasteiger partial charge is 0.388 e. The van der Waals surface area contributed by atoms with Crippen LogP contribution >= 0.6 is 0 Å². The number of aliphatic hydroxyl groups excluding tert-OH is 2. The summed E-state index contributed by atoms with van der Waals surface area (Å²) in [4.78, 5) is 13.2. The summed E-state index contributed by atoms with van der Waals surface area (Å²) >= 11 is 0. The minimum atomic E-state index is -0.852. The Kier molecular flexibility index (Phi) is 5.14. The van der Waals surface area contributed by atoms with E-state index < -0.39 is 18.2 Å². The zero-order valence-corrected chi connectivity index (χ0v) is 9.50. The second kappa shape index (κ2) is 6.15. The van der Waals surface area contributed by atoms with E-state index in [0.29, 0.717) is 13.0 Å². The topological polar surface area (TPSA) is 96.0 Å². The number of rotatable bonds is 5. The van der Waals surface area contributed by atoms with Crippen LogP contribution in [-0.2, 0) is 9.53 Å². The van der Waals surface area contributed by atoms with Crippen LogP contribution in [0.1, 0.15) is 12.8 Å². The molecule has 1 rings (SSSR count). The summed E-state index contributed by atoms with van der Waals surface area (Å²) in [6.45, 7) is 0.905. The summed E-state index contributed by atoms with van der Waals surface area (Å²) in [5, 5.41) is 18.6. The number of amides is 1. The second-order valence-electron chi connectivity index (χ2n) is 4.12. The van der Waals surface area contributed by atoms with Gasteiger partial charge in [0.25, 0.3) is 0 Å². The number of β-amino-alcohol motifs (C(OH)–C–C–N with tert-alkyl or cyclic N) is 2. The van der Waals surface area contributed by atoms with Gasteiger partial charge in [-0.1, -0.05) is 0 Å². The van der Waals surface area contributed by atoms with E-state index in [0.717, 1.165) is 6.42 Å². The number of nitrogens with two attached hydrogens (primary N) is 1. The first-order valence-corrected chi connectivity index (χ1v) is 5.45. The van der Waals surface area contributed by atoms with Gasteiger partial charge in [0, 0.05) is 26.8 Å². The number of ether oxygens (including phenoxy) is 1. The van der Waals surface area contributed by atoms with Gasteiger partial charge in [-0.3, -0.25) is 4.79 Å². The van der Waals surface area contributed by atoms with Gasteiger partial charge in [-0.25, -0.2) is 0 Å². The molecule has 0 aromatic carbocycles. The lowest BCUT2D eigenvalue weighted by Crippen LogP contribution is -2.43. The number of carbonyl (C=O) groups is 1. The fraction of sp³-hybridized carbons (Fsp3) is 0.900. The van der Waals surface area contributed by atoms with Gasteiger partial charge in [0.2, 0.25) is 5.91 Å². The molecule has 0 aliphatic carbocycles. The van der Waals surface area contributed by atoms with Gasteiger partial charge in [0.15, 0.2) is 0 Å². The highest BCUT2D eigenvalue weighted by atomic mass is 16.5. The number of likely N-dealkylation sites (tertiary alicyclic amines) is 1. The van der Waals surface area contributed by atoms with Crippen molar-refractivity contribution < 1.29 is 19.7 Å². The SMILES string of the molecule is COCCCC(N)C(=O)N1CC(O)C(O)C1. The molecule has 0 aromatic rings. The smallest absolute Gasteiger partial charge is 0.239 e. The molecule has 3 unspecified atom stereocenters. The Morgan fingerprint density at radius 2 is 2.06 bits per heavy atom. The maximum atomic E-state index is 11.8. The second-order valence-corrected chi connectivity index (χ2v) is 4.12. The molecule has 1 heterocycles. The van der Waals surface area contributed by atoms with Crippen LogP contribution in [0.3, 0.4) is 0 Å². The van der Waals surface area contributed by atoms with Gasteiger partial charge >= 0.3 is 0 Å². The fourth-order valence-electron chi connectivity index (χ4n) is 1.76. The molecule has 4 N–H and O–H groups in total. The summed E-state index contributed by atoms with van der Waals surface area (Å²) in [5.74, 6) is -0.216. The highest BCUT2D eigenvalue weighted by molar-refractivity contribution is 5.82. The number of methoxy groups -OCH3 is 1. The van der Waals surface area contributed by atoms with E-state index in [9.17, 15) is 15.0 Å². The first-order chi connectivity index (χ1) is 7.56. The predicted octanol–water partition coefficient (Wildman–Crippen LogP) is -1.70. The summed E-state index contributed by atoms with van der Waals surface area (Å²) in [7, 11) is 1.60. The molecule has 1 saturated heterocycles. The lowest BCUT2D eigenvalue weighted by Gasteiger charge is -2.20. The molecule has 0 bridgehead atoms. The molecule has 6 nitrogen and oxygen atoms in total. The van der Waals surface area contributed by atoms with Crippen LogP contribution in [0.25, 0.3) is 0 Å². The standard InChI is InChI=1S/C10H20N2O4/c1-16-4-2-3-7(11)10(15)12-5-8(13)9(14)6-12/h7-9,13-14H,2-6,11H2,1H3. The van der Waals surface area contributed by atoms with Gasteiger partial charge in [-0.05, 0) is 12.8 Å².